The molecule has 0 spiro atoms. The summed E-state index contributed by atoms with van der Waals surface area (Å²) < 4.78 is 25.8. The van der Waals surface area contributed by atoms with Crippen molar-refractivity contribution in [1.82, 2.24) is 0 Å². The van der Waals surface area contributed by atoms with E-state index in [1.807, 2.05) is 24.3 Å². The third-order valence-electron chi connectivity index (χ3n) is 4.30. The number of nitrogens with zero attached hydrogens (tertiary/aromatic N) is 2. The number of benzene rings is 2. The first-order valence-corrected chi connectivity index (χ1v) is 10.2. The first kappa shape index (κ1) is 17.8. The van der Waals surface area contributed by atoms with E-state index in [-0.39, 0.29) is 5.91 Å². The number of sulfonamides is 1. The number of para-hydroxylation sites is 1. The van der Waals surface area contributed by atoms with Crippen LogP contribution in [0.2, 0.25) is 5.02 Å². The second-order valence-corrected chi connectivity index (χ2v) is 8.38. The van der Waals surface area contributed by atoms with Crippen molar-refractivity contribution in [2.24, 2.45) is 0 Å². The van der Waals surface area contributed by atoms with Crippen molar-refractivity contribution < 1.29 is 13.2 Å². The highest BCUT2D eigenvalue weighted by molar-refractivity contribution is 7.92. The molecule has 2 aromatic carbocycles. The normalized spacial score (nSPS) is 14.9. The predicted molar refractivity (Wildman–Crippen MR) is 101 cm³/mol. The molecular formula is C18H19ClN2O3S. The molecule has 1 aliphatic rings. The van der Waals surface area contributed by atoms with Gasteiger partial charge in [-0.05, 0) is 49.2 Å². The molecule has 5 nitrogen and oxygen atoms in total. The zero-order valence-corrected chi connectivity index (χ0v) is 15.6. The van der Waals surface area contributed by atoms with E-state index in [4.69, 9.17) is 11.6 Å². The Balaban J connectivity index is 1.95. The summed E-state index contributed by atoms with van der Waals surface area (Å²) in [6.45, 7) is 2.17. The Morgan fingerprint density at radius 1 is 1.16 bits per heavy atom. The summed E-state index contributed by atoms with van der Waals surface area (Å²) in [4.78, 5) is 14.7. The Morgan fingerprint density at radius 2 is 1.80 bits per heavy atom. The van der Waals surface area contributed by atoms with Crippen molar-refractivity contribution in [1.29, 1.82) is 0 Å². The molecule has 1 aliphatic heterocycles. The van der Waals surface area contributed by atoms with Gasteiger partial charge in [0.25, 0.3) is 5.91 Å². The number of hydrogen-bond donors (Lipinski definition) is 0. The highest BCUT2D eigenvalue weighted by Gasteiger charge is 2.34. The molecule has 7 heteroatoms. The molecule has 0 N–H and O–H groups in total. The maximum absolute atomic E-state index is 13.0. The van der Waals surface area contributed by atoms with E-state index < -0.39 is 16.1 Å². The zero-order valence-electron chi connectivity index (χ0n) is 14.0. The number of hydrogen-bond acceptors (Lipinski definition) is 3. The van der Waals surface area contributed by atoms with Crippen molar-refractivity contribution in [3.63, 3.8) is 0 Å². The zero-order chi connectivity index (χ0) is 18.2. The van der Waals surface area contributed by atoms with Crippen molar-refractivity contribution >= 4 is 38.9 Å². The third kappa shape index (κ3) is 3.50. The summed E-state index contributed by atoms with van der Waals surface area (Å²) in [5.41, 5.74) is 2.37. The standard InChI is InChI=1S/C18H19ClN2O3S/c1-13(18(22)20-12-11-14-5-3-4-6-17(14)20)21(25(2,23)24)16-9-7-15(19)8-10-16/h3-10,13H,11-12H2,1-2H3/t13-/m0/s1. The Hall–Kier alpha value is -2.05. The van der Waals surface area contributed by atoms with E-state index >= 15 is 0 Å². The van der Waals surface area contributed by atoms with Gasteiger partial charge in [-0.25, -0.2) is 8.42 Å². The number of carbonyl (C=O) groups excluding carboxylic acids is 1. The summed E-state index contributed by atoms with van der Waals surface area (Å²) in [5.74, 6) is -0.245. The highest BCUT2D eigenvalue weighted by Crippen LogP contribution is 2.30. The number of halogens is 1. The Kier molecular flexibility index (Phi) is 4.75. The Labute approximate surface area is 152 Å². The molecule has 1 heterocycles. The minimum Gasteiger partial charge on any atom is -0.310 e. The Morgan fingerprint density at radius 3 is 2.44 bits per heavy atom. The van der Waals surface area contributed by atoms with Gasteiger partial charge in [0.15, 0.2) is 0 Å². The summed E-state index contributed by atoms with van der Waals surface area (Å²) in [6.07, 6.45) is 1.87. The van der Waals surface area contributed by atoms with Crippen molar-refractivity contribution in [3.05, 3.63) is 59.1 Å². The fourth-order valence-electron chi connectivity index (χ4n) is 3.18. The number of rotatable bonds is 4. The van der Waals surface area contributed by atoms with E-state index in [0.717, 1.165) is 28.2 Å². The molecule has 132 valence electrons. The van der Waals surface area contributed by atoms with Crippen LogP contribution in [0.3, 0.4) is 0 Å². The lowest BCUT2D eigenvalue weighted by Crippen LogP contribution is -2.49. The summed E-state index contributed by atoms with van der Waals surface area (Å²) in [5, 5.41) is 0.504. The summed E-state index contributed by atoms with van der Waals surface area (Å²) in [7, 11) is -3.64. The van der Waals surface area contributed by atoms with Gasteiger partial charge in [-0.15, -0.1) is 0 Å². The van der Waals surface area contributed by atoms with Crippen LogP contribution in [0, 0.1) is 0 Å². The lowest BCUT2D eigenvalue weighted by molar-refractivity contribution is -0.119. The molecule has 0 radical (unpaired) electrons. The van der Waals surface area contributed by atoms with Crippen LogP contribution in [-0.2, 0) is 21.2 Å². The molecule has 0 saturated carbocycles. The van der Waals surface area contributed by atoms with Crippen LogP contribution in [0.5, 0.6) is 0 Å². The van der Waals surface area contributed by atoms with Crippen LogP contribution in [0.15, 0.2) is 48.5 Å². The second-order valence-electron chi connectivity index (χ2n) is 6.08. The first-order valence-electron chi connectivity index (χ1n) is 7.93. The van der Waals surface area contributed by atoms with Crippen LogP contribution >= 0.6 is 11.6 Å². The maximum Gasteiger partial charge on any atom is 0.250 e. The van der Waals surface area contributed by atoms with E-state index in [2.05, 4.69) is 0 Å². The van der Waals surface area contributed by atoms with Crippen molar-refractivity contribution in [3.8, 4) is 0 Å². The number of fused-ring (bicyclic) bond motifs is 1. The fourth-order valence-corrected chi connectivity index (χ4v) is 4.48. The van der Waals surface area contributed by atoms with E-state index in [1.54, 1.807) is 36.1 Å². The molecule has 2 aromatic rings. The minimum atomic E-state index is -3.64. The van der Waals surface area contributed by atoms with Crippen LogP contribution in [0.25, 0.3) is 0 Å². The summed E-state index contributed by atoms with van der Waals surface area (Å²) >= 11 is 5.89. The monoisotopic (exact) mass is 378 g/mol. The van der Waals surface area contributed by atoms with Crippen molar-refractivity contribution in [2.75, 3.05) is 22.0 Å². The van der Waals surface area contributed by atoms with Gasteiger partial charge in [0, 0.05) is 17.3 Å². The average Bonchev–Trinajstić information content (AvgIpc) is 2.99. The fraction of sp³-hybridized carbons (Fsp3) is 0.278. The van der Waals surface area contributed by atoms with Gasteiger partial charge in [0.1, 0.15) is 6.04 Å². The second kappa shape index (κ2) is 6.69. The summed E-state index contributed by atoms with van der Waals surface area (Å²) in [6, 6.07) is 13.3. The van der Waals surface area contributed by atoms with Crippen LogP contribution < -0.4 is 9.21 Å². The van der Waals surface area contributed by atoms with Crippen LogP contribution in [0.4, 0.5) is 11.4 Å². The number of carbonyl (C=O) groups is 1. The molecule has 0 fully saturated rings. The third-order valence-corrected chi connectivity index (χ3v) is 5.79. The lowest BCUT2D eigenvalue weighted by atomic mass is 10.2. The molecular weight excluding hydrogens is 360 g/mol. The largest absolute Gasteiger partial charge is 0.310 e. The Bertz CT molecular complexity index is 897. The number of amides is 1. The first-order chi connectivity index (χ1) is 11.8. The van der Waals surface area contributed by atoms with Crippen LogP contribution in [-0.4, -0.2) is 33.2 Å². The molecule has 0 bridgehead atoms. The smallest absolute Gasteiger partial charge is 0.250 e. The highest BCUT2D eigenvalue weighted by atomic mass is 35.5. The minimum absolute atomic E-state index is 0.245. The van der Waals surface area contributed by atoms with E-state index in [0.29, 0.717) is 17.3 Å². The number of anilines is 2. The van der Waals surface area contributed by atoms with Gasteiger partial charge in [-0.3, -0.25) is 9.10 Å². The lowest BCUT2D eigenvalue weighted by Gasteiger charge is -2.31. The van der Waals surface area contributed by atoms with Gasteiger partial charge < -0.3 is 4.90 Å². The van der Waals surface area contributed by atoms with Gasteiger partial charge in [-0.1, -0.05) is 29.8 Å². The molecule has 0 aromatic heterocycles. The molecule has 0 aliphatic carbocycles. The average molecular weight is 379 g/mol. The predicted octanol–water partition coefficient (Wildman–Crippen LogP) is 3.08. The molecule has 25 heavy (non-hydrogen) atoms. The molecule has 3 rings (SSSR count). The van der Waals surface area contributed by atoms with E-state index in [9.17, 15) is 13.2 Å². The van der Waals surface area contributed by atoms with E-state index in [1.165, 1.54) is 0 Å². The SMILES string of the molecule is C[C@@H](C(=O)N1CCc2ccccc21)N(c1ccc(Cl)cc1)S(C)(=O)=O. The topological polar surface area (TPSA) is 57.7 Å². The maximum atomic E-state index is 13.0. The molecule has 1 amide bonds. The molecule has 1 atom stereocenters. The quantitative estimate of drug-likeness (QED) is 0.821. The van der Waals surface area contributed by atoms with Gasteiger partial charge in [0.05, 0.1) is 11.9 Å². The van der Waals surface area contributed by atoms with Crippen LogP contribution in [0.1, 0.15) is 12.5 Å². The molecule has 0 unspecified atom stereocenters. The van der Waals surface area contributed by atoms with Gasteiger partial charge in [-0.2, -0.15) is 0 Å². The van der Waals surface area contributed by atoms with Gasteiger partial charge >= 0.3 is 0 Å². The van der Waals surface area contributed by atoms with Crippen molar-refractivity contribution in [2.45, 2.75) is 19.4 Å². The van der Waals surface area contributed by atoms with Gasteiger partial charge in [0.2, 0.25) is 10.0 Å². The molecule has 0 saturated heterocycles.